The second-order valence-electron chi connectivity index (χ2n) is 5.75. The van der Waals surface area contributed by atoms with Crippen LogP contribution >= 0.6 is 0 Å². The average Bonchev–Trinajstić information content (AvgIpc) is 2.65. The molecule has 0 aliphatic carbocycles. The first-order chi connectivity index (χ1) is 13.2. The number of para-hydroxylation sites is 1. The van der Waals surface area contributed by atoms with Gasteiger partial charge in [-0.3, -0.25) is 4.79 Å². The summed E-state index contributed by atoms with van der Waals surface area (Å²) in [6.45, 7) is 1.04. The highest BCUT2D eigenvalue weighted by Crippen LogP contribution is 2.34. The zero-order valence-electron chi connectivity index (χ0n) is 14.7. The number of carbonyl (C=O) groups excluding carboxylic acids is 2. The Morgan fingerprint density at radius 2 is 1.79 bits per heavy atom. The molecule has 0 aromatic heterocycles. The van der Waals surface area contributed by atoms with Gasteiger partial charge in [-0.15, -0.1) is 0 Å². The van der Waals surface area contributed by atoms with Gasteiger partial charge in [0, 0.05) is 0 Å². The number of hydrogen-bond donors (Lipinski definition) is 1. The molecule has 28 heavy (non-hydrogen) atoms. The van der Waals surface area contributed by atoms with Crippen LogP contribution in [0.5, 0.6) is 0 Å². The highest BCUT2D eigenvalue weighted by atomic mass is 19.4. The molecule has 1 amide bonds. The first kappa shape index (κ1) is 20.7. The van der Waals surface area contributed by atoms with Crippen LogP contribution in [-0.2, 0) is 20.5 Å². The molecular weight excluding hydrogens is 373 g/mol. The number of rotatable bonds is 5. The zero-order chi connectivity index (χ0) is 20.7. The molecular formula is C20H15F3N2O3. The Bertz CT molecular complexity index is 942. The molecule has 0 saturated heterocycles. The summed E-state index contributed by atoms with van der Waals surface area (Å²) in [4.78, 5) is 23.8. The van der Waals surface area contributed by atoms with Gasteiger partial charge < -0.3 is 10.1 Å². The molecule has 0 radical (unpaired) electrons. The van der Waals surface area contributed by atoms with Crippen molar-refractivity contribution < 1.29 is 27.5 Å². The lowest BCUT2D eigenvalue weighted by molar-refractivity contribution is -0.143. The maximum Gasteiger partial charge on any atom is 0.418 e. The summed E-state index contributed by atoms with van der Waals surface area (Å²) >= 11 is 0. The molecule has 0 fully saturated rings. The maximum atomic E-state index is 12.9. The van der Waals surface area contributed by atoms with E-state index < -0.39 is 35.9 Å². The molecule has 2 aromatic carbocycles. The van der Waals surface area contributed by atoms with E-state index in [1.165, 1.54) is 18.2 Å². The van der Waals surface area contributed by atoms with Gasteiger partial charge in [-0.2, -0.15) is 18.4 Å². The highest BCUT2D eigenvalue weighted by Gasteiger charge is 2.33. The van der Waals surface area contributed by atoms with E-state index >= 15 is 0 Å². The Morgan fingerprint density at radius 3 is 2.39 bits per heavy atom. The minimum atomic E-state index is -4.65. The van der Waals surface area contributed by atoms with Crippen LogP contribution < -0.4 is 5.32 Å². The molecule has 2 rings (SSSR count). The lowest BCUT2D eigenvalue weighted by atomic mass is 10.1. The number of halogens is 3. The van der Waals surface area contributed by atoms with Gasteiger partial charge in [0.2, 0.25) is 0 Å². The minimum Gasteiger partial charge on any atom is -0.451 e. The first-order valence-corrected chi connectivity index (χ1v) is 8.02. The molecule has 1 N–H and O–H groups in total. The summed E-state index contributed by atoms with van der Waals surface area (Å²) in [5, 5.41) is 11.1. The lowest BCUT2D eigenvalue weighted by Gasteiger charge is -2.13. The molecule has 5 nitrogen and oxygen atoms in total. The minimum absolute atomic E-state index is 0.340. The molecule has 2 aromatic rings. The smallest absolute Gasteiger partial charge is 0.418 e. The third-order valence-electron chi connectivity index (χ3n) is 3.57. The van der Waals surface area contributed by atoms with E-state index in [1.807, 2.05) is 12.2 Å². The van der Waals surface area contributed by atoms with E-state index in [-0.39, 0.29) is 5.57 Å². The lowest BCUT2D eigenvalue weighted by Crippen LogP contribution is -2.23. The van der Waals surface area contributed by atoms with E-state index in [0.29, 0.717) is 5.56 Å². The van der Waals surface area contributed by atoms with Crippen molar-refractivity contribution >= 4 is 23.6 Å². The van der Waals surface area contributed by atoms with Gasteiger partial charge in [0.05, 0.1) is 11.3 Å². The average molecular weight is 388 g/mol. The van der Waals surface area contributed by atoms with Crippen molar-refractivity contribution in [3.05, 3.63) is 70.8 Å². The first-order valence-electron chi connectivity index (χ1n) is 8.02. The summed E-state index contributed by atoms with van der Waals surface area (Å²) in [6, 6.07) is 13.1. The van der Waals surface area contributed by atoms with Crippen LogP contribution in [0.3, 0.4) is 0 Å². The summed E-state index contributed by atoms with van der Waals surface area (Å²) in [7, 11) is 0. The number of alkyl halides is 3. The molecule has 0 aliphatic heterocycles. The largest absolute Gasteiger partial charge is 0.451 e. The van der Waals surface area contributed by atoms with Crippen LogP contribution in [0, 0.1) is 18.3 Å². The van der Waals surface area contributed by atoms with E-state index in [1.54, 1.807) is 30.3 Å². The third-order valence-corrected chi connectivity index (χ3v) is 3.57. The fourth-order valence-corrected chi connectivity index (χ4v) is 2.20. The third kappa shape index (κ3) is 5.71. The Balaban J connectivity index is 2.01. The Morgan fingerprint density at radius 1 is 1.14 bits per heavy atom. The summed E-state index contributed by atoms with van der Waals surface area (Å²) in [5.41, 5.74) is -0.234. The van der Waals surface area contributed by atoms with E-state index in [4.69, 9.17) is 10.00 Å². The van der Waals surface area contributed by atoms with Crippen molar-refractivity contribution in [3.63, 3.8) is 0 Å². The number of nitrogens with one attached hydrogen (secondary N) is 1. The predicted molar refractivity (Wildman–Crippen MR) is 95.8 cm³/mol. The van der Waals surface area contributed by atoms with Crippen molar-refractivity contribution in [3.8, 4) is 6.07 Å². The topological polar surface area (TPSA) is 79.2 Å². The zero-order valence-corrected chi connectivity index (χ0v) is 14.7. The predicted octanol–water partition coefficient (Wildman–Crippen LogP) is 4.10. The molecule has 0 bridgehead atoms. The van der Waals surface area contributed by atoms with Crippen molar-refractivity contribution in [2.24, 2.45) is 0 Å². The van der Waals surface area contributed by atoms with Crippen molar-refractivity contribution in [1.29, 1.82) is 5.26 Å². The van der Waals surface area contributed by atoms with Crippen LogP contribution in [0.25, 0.3) is 6.08 Å². The number of aryl methyl sites for hydroxylation is 1. The van der Waals surface area contributed by atoms with Gasteiger partial charge in [0.1, 0.15) is 11.6 Å². The number of anilines is 1. The van der Waals surface area contributed by atoms with Crippen molar-refractivity contribution in [2.75, 3.05) is 11.9 Å². The van der Waals surface area contributed by atoms with E-state index in [0.717, 1.165) is 17.7 Å². The number of nitrogens with zero attached hydrogens (tertiary/aromatic N) is 1. The number of ether oxygens (including phenoxy) is 1. The van der Waals surface area contributed by atoms with E-state index in [2.05, 4.69) is 0 Å². The molecule has 8 heteroatoms. The number of hydrogen-bond acceptors (Lipinski definition) is 4. The number of esters is 1. The fraction of sp³-hybridized carbons (Fsp3) is 0.150. The summed E-state index contributed by atoms with van der Waals surface area (Å²) in [6.07, 6.45) is -3.36. The maximum absolute atomic E-state index is 12.9. The Hall–Kier alpha value is -3.60. The molecule has 0 heterocycles. The quantitative estimate of drug-likeness (QED) is 0.475. The van der Waals surface area contributed by atoms with Gasteiger partial charge in [-0.1, -0.05) is 42.0 Å². The highest BCUT2D eigenvalue weighted by molar-refractivity contribution is 6.00. The standard InChI is InChI=1S/C20H15F3N2O3/c1-13-6-8-14(9-7-13)10-15(11-24)19(27)28-12-18(26)25-17-5-3-2-4-16(17)20(21,22)23/h2-10H,12H2,1H3,(H,25,26)/b15-10+. The monoisotopic (exact) mass is 388 g/mol. The molecule has 0 saturated carbocycles. The number of benzene rings is 2. The van der Waals surface area contributed by atoms with Gasteiger partial charge >= 0.3 is 12.1 Å². The van der Waals surface area contributed by atoms with Crippen LogP contribution in [-0.4, -0.2) is 18.5 Å². The van der Waals surface area contributed by atoms with Crippen LogP contribution in [0.4, 0.5) is 18.9 Å². The molecule has 0 aliphatic rings. The van der Waals surface area contributed by atoms with Crippen LogP contribution in [0.2, 0.25) is 0 Å². The molecule has 0 spiro atoms. The summed E-state index contributed by atoms with van der Waals surface area (Å²) < 4.78 is 43.5. The Kier molecular flexibility index (Phi) is 6.55. The Labute approximate surface area is 159 Å². The second kappa shape index (κ2) is 8.86. The molecule has 0 unspecified atom stereocenters. The van der Waals surface area contributed by atoms with Crippen LogP contribution in [0.1, 0.15) is 16.7 Å². The number of carbonyl (C=O) groups is 2. The van der Waals surface area contributed by atoms with E-state index in [9.17, 15) is 22.8 Å². The number of amides is 1. The van der Waals surface area contributed by atoms with Crippen LogP contribution in [0.15, 0.2) is 54.1 Å². The fourth-order valence-electron chi connectivity index (χ4n) is 2.20. The molecule has 144 valence electrons. The van der Waals surface area contributed by atoms with Gasteiger partial charge in [-0.05, 0) is 30.7 Å². The van der Waals surface area contributed by atoms with Gasteiger partial charge in [0.25, 0.3) is 5.91 Å². The number of nitriles is 1. The summed E-state index contributed by atoms with van der Waals surface area (Å²) in [5.74, 6) is -2.01. The van der Waals surface area contributed by atoms with Gasteiger partial charge in [-0.25, -0.2) is 4.79 Å². The van der Waals surface area contributed by atoms with Crippen molar-refractivity contribution in [1.82, 2.24) is 0 Å². The molecule has 0 atom stereocenters. The normalized spacial score (nSPS) is 11.5. The SMILES string of the molecule is Cc1ccc(/C=C(\C#N)C(=O)OCC(=O)Nc2ccccc2C(F)(F)F)cc1. The second-order valence-corrected chi connectivity index (χ2v) is 5.75. The van der Waals surface area contributed by atoms with Crippen molar-refractivity contribution in [2.45, 2.75) is 13.1 Å². The van der Waals surface area contributed by atoms with Gasteiger partial charge in [0.15, 0.2) is 6.61 Å².